The zero-order valence-corrected chi connectivity index (χ0v) is 12.5. The first-order valence-corrected chi connectivity index (χ1v) is 7.06. The molecular weight excluding hydrogens is 292 g/mol. The van der Waals surface area contributed by atoms with Crippen molar-refractivity contribution in [3.63, 3.8) is 0 Å². The molecule has 2 N–H and O–H groups in total. The summed E-state index contributed by atoms with van der Waals surface area (Å²) in [4.78, 5) is 14.3. The second-order valence-corrected chi connectivity index (χ2v) is 6.25. The largest absolute Gasteiger partial charge is 0.397 e. The Morgan fingerprint density at radius 1 is 1.39 bits per heavy atom. The van der Waals surface area contributed by atoms with Crippen LogP contribution in [0.2, 0.25) is 0 Å². The maximum absolute atomic E-state index is 12.6. The minimum atomic E-state index is -0.214. The molecule has 1 aliphatic rings. The standard InChI is InChI=1S/C14H19BrN2O/c1-14(7-3-4-8-14)13(18)17(2)12-6-5-10(15)9-11(12)16/h5-6,9H,3-4,7-8,16H2,1-2H3. The second-order valence-electron chi connectivity index (χ2n) is 5.34. The summed E-state index contributed by atoms with van der Waals surface area (Å²) in [5, 5.41) is 0. The normalized spacial score (nSPS) is 17.7. The molecule has 3 nitrogen and oxygen atoms in total. The van der Waals surface area contributed by atoms with Gasteiger partial charge in [-0.2, -0.15) is 0 Å². The predicted molar refractivity (Wildman–Crippen MR) is 78.5 cm³/mol. The van der Waals surface area contributed by atoms with Crippen LogP contribution < -0.4 is 10.6 Å². The molecule has 0 aliphatic heterocycles. The van der Waals surface area contributed by atoms with Crippen LogP contribution in [0.1, 0.15) is 32.6 Å². The average Bonchev–Trinajstić information content (AvgIpc) is 2.76. The molecule has 1 aromatic carbocycles. The van der Waals surface area contributed by atoms with Crippen molar-refractivity contribution in [3.05, 3.63) is 22.7 Å². The molecule has 0 heterocycles. The first-order valence-electron chi connectivity index (χ1n) is 6.27. The lowest BCUT2D eigenvalue weighted by Gasteiger charge is -2.29. The van der Waals surface area contributed by atoms with Gasteiger partial charge in [0.05, 0.1) is 11.4 Å². The lowest BCUT2D eigenvalue weighted by molar-refractivity contribution is -0.126. The van der Waals surface area contributed by atoms with Gasteiger partial charge in [-0.05, 0) is 31.0 Å². The first-order chi connectivity index (χ1) is 8.44. The molecule has 4 heteroatoms. The lowest BCUT2D eigenvalue weighted by Crippen LogP contribution is -2.39. The summed E-state index contributed by atoms with van der Waals surface area (Å²) in [5.74, 6) is 0.175. The van der Waals surface area contributed by atoms with Crippen LogP contribution in [0, 0.1) is 5.41 Å². The number of benzene rings is 1. The van der Waals surface area contributed by atoms with Gasteiger partial charge in [-0.25, -0.2) is 0 Å². The molecule has 2 rings (SSSR count). The molecule has 0 bridgehead atoms. The van der Waals surface area contributed by atoms with Gasteiger partial charge >= 0.3 is 0 Å². The van der Waals surface area contributed by atoms with E-state index in [2.05, 4.69) is 22.9 Å². The number of amides is 1. The highest BCUT2D eigenvalue weighted by atomic mass is 79.9. The lowest BCUT2D eigenvalue weighted by atomic mass is 9.87. The second kappa shape index (κ2) is 4.92. The molecule has 1 saturated carbocycles. The topological polar surface area (TPSA) is 46.3 Å². The van der Waals surface area contributed by atoms with Crippen molar-refractivity contribution in [3.8, 4) is 0 Å². The van der Waals surface area contributed by atoms with Gasteiger partial charge in [0.1, 0.15) is 0 Å². The van der Waals surface area contributed by atoms with Crippen molar-refractivity contribution in [2.24, 2.45) is 5.41 Å². The maximum atomic E-state index is 12.6. The van der Waals surface area contributed by atoms with Crippen LogP contribution in [0.15, 0.2) is 22.7 Å². The first kappa shape index (κ1) is 13.4. The van der Waals surface area contributed by atoms with Gasteiger partial charge in [0.2, 0.25) is 5.91 Å². The highest BCUT2D eigenvalue weighted by Gasteiger charge is 2.38. The minimum Gasteiger partial charge on any atom is -0.397 e. The Morgan fingerprint density at radius 3 is 2.56 bits per heavy atom. The number of hydrogen-bond acceptors (Lipinski definition) is 2. The number of anilines is 2. The molecule has 0 radical (unpaired) electrons. The third-order valence-corrected chi connectivity index (χ3v) is 4.37. The van der Waals surface area contributed by atoms with E-state index in [0.717, 1.165) is 35.8 Å². The van der Waals surface area contributed by atoms with Crippen LogP contribution in [-0.4, -0.2) is 13.0 Å². The van der Waals surface area contributed by atoms with Crippen molar-refractivity contribution in [2.45, 2.75) is 32.6 Å². The molecule has 18 heavy (non-hydrogen) atoms. The van der Waals surface area contributed by atoms with E-state index in [9.17, 15) is 4.79 Å². The van der Waals surface area contributed by atoms with E-state index < -0.39 is 0 Å². The fraction of sp³-hybridized carbons (Fsp3) is 0.500. The van der Waals surface area contributed by atoms with Crippen LogP contribution in [0.4, 0.5) is 11.4 Å². The van der Waals surface area contributed by atoms with Crippen molar-refractivity contribution in [1.82, 2.24) is 0 Å². The van der Waals surface area contributed by atoms with Crippen molar-refractivity contribution < 1.29 is 4.79 Å². The van der Waals surface area contributed by atoms with Crippen molar-refractivity contribution >= 4 is 33.2 Å². The predicted octanol–water partition coefficient (Wildman–Crippen LogP) is 3.57. The summed E-state index contributed by atoms with van der Waals surface area (Å²) in [6, 6.07) is 5.62. The van der Waals surface area contributed by atoms with E-state index in [0.29, 0.717) is 5.69 Å². The number of halogens is 1. The molecule has 0 spiro atoms. The Hall–Kier alpha value is -1.03. The third kappa shape index (κ3) is 2.39. The van der Waals surface area contributed by atoms with Gasteiger partial charge in [-0.3, -0.25) is 4.79 Å². The van der Waals surface area contributed by atoms with Gasteiger partial charge in [0.25, 0.3) is 0 Å². The van der Waals surface area contributed by atoms with E-state index in [1.54, 1.807) is 4.90 Å². The molecular formula is C14H19BrN2O. The van der Waals surface area contributed by atoms with Crippen LogP contribution in [0.3, 0.4) is 0 Å². The van der Waals surface area contributed by atoms with E-state index >= 15 is 0 Å². The summed E-state index contributed by atoms with van der Waals surface area (Å²) in [6.07, 6.45) is 4.25. The van der Waals surface area contributed by atoms with Crippen LogP contribution in [0.5, 0.6) is 0 Å². The van der Waals surface area contributed by atoms with Crippen LogP contribution >= 0.6 is 15.9 Å². The number of rotatable bonds is 2. The zero-order chi connectivity index (χ0) is 13.3. The average molecular weight is 311 g/mol. The number of nitrogens with two attached hydrogens (primary N) is 1. The van der Waals surface area contributed by atoms with E-state index in [1.807, 2.05) is 25.2 Å². The highest BCUT2D eigenvalue weighted by Crippen LogP contribution is 2.40. The van der Waals surface area contributed by atoms with E-state index in [4.69, 9.17) is 5.73 Å². The molecule has 98 valence electrons. The third-order valence-electron chi connectivity index (χ3n) is 3.88. The van der Waals surface area contributed by atoms with Gasteiger partial charge in [-0.1, -0.05) is 35.7 Å². The smallest absolute Gasteiger partial charge is 0.232 e. The molecule has 0 atom stereocenters. The quantitative estimate of drug-likeness (QED) is 0.849. The minimum absolute atomic E-state index is 0.175. The Kier molecular flexibility index (Phi) is 3.66. The van der Waals surface area contributed by atoms with Gasteiger partial charge in [0, 0.05) is 16.9 Å². The van der Waals surface area contributed by atoms with E-state index in [1.165, 1.54) is 0 Å². The van der Waals surface area contributed by atoms with Crippen molar-refractivity contribution in [2.75, 3.05) is 17.7 Å². The number of carbonyl (C=O) groups is 1. The Labute approximate surface area is 116 Å². The van der Waals surface area contributed by atoms with Gasteiger partial charge < -0.3 is 10.6 Å². The fourth-order valence-electron chi connectivity index (χ4n) is 2.71. The Balaban J connectivity index is 2.25. The number of hydrogen-bond donors (Lipinski definition) is 1. The Morgan fingerprint density at radius 2 is 2.00 bits per heavy atom. The number of carbonyl (C=O) groups excluding carboxylic acids is 1. The summed E-state index contributed by atoms with van der Waals surface area (Å²) in [7, 11) is 1.81. The maximum Gasteiger partial charge on any atom is 0.232 e. The molecule has 0 unspecified atom stereocenters. The molecule has 1 amide bonds. The summed E-state index contributed by atoms with van der Waals surface area (Å²) in [5.41, 5.74) is 7.18. The van der Waals surface area contributed by atoms with E-state index in [-0.39, 0.29) is 11.3 Å². The summed E-state index contributed by atoms with van der Waals surface area (Å²) < 4.78 is 0.927. The molecule has 1 aliphatic carbocycles. The SMILES string of the molecule is CN(C(=O)C1(C)CCCC1)c1ccc(Br)cc1N. The monoisotopic (exact) mass is 310 g/mol. The molecule has 1 fully saturated rings. The fourth-order valence-corrected chi connectivity index (χ4v) is 3.09. The summed E-state index contributed by atoms with van der Waals surface area (Å²) >= 11 is 3.38. The van der Waals surface area contributed by atoms with Gasteiger partial charge in [-0.15, -0.1) is 0 Å². The van der Waals surface area contributed by atoms with Crippen LogP contribution in [0.25, 0.3) is 0 Å². The summed E-state index contributed by atoms with van der Waals surface area (Å²) in [6.45, 7) is 2.06. The zero-order valence-electron chi connectivity index (χ0n) is 10.9. The highest BCUT2D eigenvalue weighted by molar-refractivity contribution is 9.10. The van der Waals surface area contributed by atoms with Gasteiger partial charge in [0.15, 0.2) is 0 Å². The number of nitrogen functional groups attached to an aromatic ring is 1. The molecule has 0 aromatic heterocycles. The van der Waals surface area contributed by atoms with Crippen LogP contribution in [-0.2, 0) is 4.79 Å². The van der Waals surface area contributed by atoms with Crippen molar-refractivity contribution in [1.29, 1.82) is 0 Å². The molecule has 1 aromatic rings. The number of nitrogens with zero attached hydrogens (tertiary/aromatic N) is 1. The Bertz CT molecular complexity index is 467. The molecule has 0 saturated heterocycles.